The lowest BCUT2D eigenvalue weighted by atomic mass is 10.3. The molecule has 1 aromatic rings. The lowest BCUT2D eigenvalue weighted by Gasteiger charge is -1.95. The Kier molecular flexibility index (Phi) is 2.59. The summed E-state index contributed by atoms with van der Waals surface area (Å²) in [5.41, 5.74) is 0.513. The second-order valence-corrected chi connectivity index (χ2v) is 2.60. The van der Waals surface area contributed by atoms with Crippen molar-refractivity contribution in [2.24, 2.45) is 0 Å². The zero-order valence-corrected chi connectivity index (χ0v) is 7.48. The van der Waals surface area contributed by atoms with Crippen LogP contribution in [0.4, 0.5) is 5.82 Å². The number of alkyl halides is 1. The highest BCUT2D eigenvalue weighted by Crippen LogP contribution is 2.22. The number of halogens is 1. The molecule has 0 aliphatic heterocycles. The molecule has 5 nitrogen and oxygen atoms in total. The largest absolute Gasteiger partial charge is 0.501 e. The van der Waals surface area contributed by atoms with E-state index in [1.807, 2.05) is 0 Å². The molecule has 0 bridgehead atoms. The lowest BCUT2D eigenvalue weighted by molar-refractivity contribution is -0.390. The molecular weight excluding hydrogens is 228 g/mol. The van der Waals surface area contributed by atoms with Crippen LogP contribution in [0.25, 0.3) is 0 Å². The first-order valence-electron chi connectivity index (χ1n) is 3.04. The molecule has 1 aromatic heterocycles. The number of hydrogen-bond acceptors (Lipinski definition) is 4. The highest BCUT2D eigenvalue weighted by molar-refractivity contribution is 9.08. The van der Waals surface area contributed by atoms with E-state index in [9.17, 15) is 10.1 Å². The number of nitrogens with zero attached hydrogens (tertiary/aromatic N) is 2. The van der Waals surface area contributed by atoms with Gasteiger partial charge in [-0.15, -0.1) is 0 Å². The summed E-state index contributed by atoms with van der Waals surface area (Å²) in [5.74, 6) is -0.920. The highest BCUT2D eigenvalue weighted by Gasteiger charge is 2.15. The van der Waals surface area contributed by atoms with Crippen LogP contribution in [0.2, 0.25) is 0 Å². The van der Waals surface area contributed by atoms with Crippen LogP contribution in [0, 0.1) is 10.1 Å². The Bertz CT molecular complexity index is 316. The molecule has 0 aromatic carbocycles. The van der Waals surface area contributed by atoms with E-state index in [4.69, 9.17) is 5.11 Å². The second kappa shape index (κ2) is 3.48. The molecule has 0 unspecified atom stereocenters. The van der Waals surface area contributed by atoms with Gasteiger partial charge >= 0.3 is 5.82 Å². The van der Waals surface area contributed by atoms with E-state index in [1.54, 1.807) is 0 Å². The molecule has 1 rings (SSSR count). The van der Waals surface area contributed by atoms with Gasteiger partial charge in [0.25, 0.3) is 0 Å². The molecule has 0 amide bonds. The van der Waals surface area contributed by atoms with E-state index in [0.29, 0.717) is 11.0 Å². The molecule has 6 heteroatoms. The van der Waals surface area contributed by atoms with Gasteiger partial charge in [-0.2, -0.15) is 0 Å². The van der Waals surface area contributed by atoms with Crippen molar-refractivity contribution in [2.45, 2.75) is 5.33 Å². The van der Waals surface area contributed by atoms with Crippen LogP contribution < -0.4 is 0 Å². The fraction of sp³-hybridized carbons (Fsp3) is 0.167. The van der Waals surface area contributed by atoms with Gasteiger partial charge in [-0.25, -0.2) is 0 Å². The number of pyridine rings is 1. The summed E-state index contributed by atoms with van der Waals surface area (Å²) in [6.07, 6.45) is 0. The van der Waals surface area contributed by atoms with E-state index in [2.05, 4.69) is 20.9 Å². The molecule has 64 valence electrons. The number of nitro groups is 1. The Balaban J connectivity index is 3.17. The van der Waals surface area contributed by atoms with E-state index in [0.717, 1.165) is 0 Å². The molecule has 1 N–H and O–H groups in total. The maximum Gasteiger partial charge on any atom is 0.406 e. The average Bonchev–Trinajstić information content (AvgIpc) is 2.05. The highest BCUT2D eigenvalue weighted by atomic mass is 79.9. The van der Waals surface area contributed by atoms with E-state index in [-0.39, 0.29) is 0 Å². The lowest BCUT2D eigenvalue weighted by Crippen LogP contribution is -1.94. The summed E-state index contributed by atoms with van der Waals surface area (Å²) in [7, 11) is 0. The minimum absolute atomic E-state index is 0.412. The molecule has 12 heavy (non-hydrogen) atoms. The summed E-state index contributed by atoms with van der Waals surface area (Å²) in [6.45, 7) is 0. The minimum Gasteiger partial charge on any atom is -0.501 e. The first kappa shape index (κ1) is 8.92. The van der Waals surface area contributed by atoms with E-state index >= 15 is 0 Å². The van der Waals surface area contributed by atoms with Crippen molar-refractivity contribution in [3.05, 3.63) is 27.9 Å². The van der Waals surface area contributed by atoms with Crippen molar-refractivity contribution in [3.8, 4) is 5.75 Å². The van der Waals surface area contributed by atoms with Gasteiger partial charge in [-0.3, -0.25) is 0 Å². The van der Waals surface area contributed by atoms with Crippen molar-refractivity contribution in [1.29, 1.82) is 0 Å². The topological polar surface area (TPSA) is 76.3 Å². The monoisotopic (exact) mass is 232 g/mol. The van der Waals surface area contributed by atoms with Gasteiger partial charge in [0.15, 0.2) is 5.69 Å². The maximum absolute atomic E-state index is 10.3. The third-order valence-electron chi connectivity index (χ3n) is 1.22. The first-order chi connectivity index (χ1) is 5.65. The third-order valence-corrected chi connectivity index (χ3v) is 1.80. The molecule has 0 spiro atoms. The Morgan fingerprint density at radius 2 is 2.33 bits per heavy atom. The summed E-state index contributed by atoms with van der Waals surface area (Å²) in [6, 6.07) is 2.76. The fourth-order valence-corrected chi connectivity index (χ4v) is 1.00. The molecule has 0 saturated carbocycles. The van der Waals surface area contributed by atoms with Crippen LogP contribution in [0.3, 0.4) is 0 Å². The fourth-order valence-electron chi connectivity index (χ4n) is 0.689. The summed E-state index contributed by atoms with van der Waals surface area (Å²) < 4.78 is 0. The molecule has 0 atom stereocenters. The van der Waals surface area contributed by atoms with Crippen LogP contribution >= 0.6 is 15.9 Å². The number of aromatic nitrogens is 1. The van der Waals surface area contributed by atoms with Gasteiger partial charge in [-0.05, 0) is 22.0 Å². The Morgan fingerprint density at radius 3 is 2.83 bits per heavy atom. The predicted molar refractivity (Wildman–Crippen MR) is 45.2 cm³/mol. The Hall–Kier alpha value is -1.17. The zero-order chi connectivity index (χ0) is 9.14. The first-order valence-corrected chi connectivity index (χ1v) is 4.16. The number of rotatable bonds is 2. The van der Waals surface area contributed by atoms with Gasteiger partial charge in [0.1, 0.15) is 0 Å². The predicted octanol–water partition coefficient (Wildman–Crippen LogP) is 1.59. The van der Waals surface area contributed by atoms with Crippen LogP contribution in [0.5, 0.6) is 5.75 Å². The summed E-state index contributed by atoms with van der Waals surface area (Å²) in [4.78, 5) is 13.1. The van der Waals surface area contributed by atoms with Crippen molar-refractivity contribution in [2.75, 3.05) is 0 Å². The van der Waals surface area contributed by atoms with Crippen LogP contribution in [0.15, 0.2) is 12.1 Å². The number of aromatic hydroxyl groups is 1. The minimum atomic E-state index is -0.721. The second-order valence-electron chi connectivity index (χ2n) is 2.04. The van der Waals surface area contributed by atoms with Crippen LogP contribution in [0.1, 0.15) is 5.69 Å². The third kappa shape index (κ3) is 1.70. The molecule has 0 saturated heterocycles. The molecule has 0 radical (unpaired) electrons. The number of hydrogen-bond donors (Lipinski definition) is 1. The Morgan fingerprint density at radius 1 is 1.67 bits per heavy atom. The molecule has 0 fully saturated rings. The SMILES string of the molecule is O=[N+]([O-])c1nc(CBr)ccc1O. The van der Waals surface area contributed by atoms with E-state index < -0.39 is 16.5 Å². The van der Waals surface area contributed by atoms with E-state index in [1.165, 1.54) is 12.1 Å². The molecule has 0 aliphatic rings. The van der Waals surface area contributed by atoms with Gasteiger partial charge in [0.05, 0.1) is 5.33 Å². The van der Waals surface area contributed by atoms with Gasteiger partial charge in [0.2, 0.25) is 5.75 Å². The maximum atomic E-state index is 10.3. The molecule has 0 aliphatic carbocycles. The van der Waals surface area contributed by atoms with Crippen molar-refractivity contribution < 1.29 is 10.0 Å². The smallest absolute Gasteiger partial charge is 0.406 e. The molecule has 1 heterocycles. The van der Waals surface area contributed by atoms with Crippen molar-refractivity contribution in [1.82, 2.24) is 4.98 Å². The van der Waals surface area contributed by atoms with Crippen LogP contribution in [-0.2, 0) is 5.33 Å². The summed E-state index contributed by atoms with van der Waals surface area (Å²) in [5, 5.41) is 19.7. The zero-order valence-electron chi connectivity index (χ0n) is 5.90. The van der Waals surface area contributed by atoms with Gasteiger partial charge in [0, 0.05) is 0 Å². The summed E-state index contributed by atoms with van der Waals surface area (Å²) >= 11 is 3.10. The average molecular weight is 233 g/mol. The van der Waals surface area contributed by atoms with Crippen LogP contribution in [-0.4, -0.2) is 15.0 Å². The van der Waals surface area contributed by atoms with Crippen molar-refractivity contribution in [3.63, 3.8) is 0 Å². The normalized spacial score (nSPS) is 9.75. The molecular formula is C6H5BrN2O3. The van der Waals surface area contributed by atoms with Gasteiger partial charge in [-0.1, -0.05) is 15.9 Å². The van der Waals surface area contributed by atoms with Gasteiger partial charge < -0.3 is 15.2 Å². The van der Waals surface area contributed by atoms with Crippen molar-refractivity contribution >= 4 is 21.7 Å². The quantitative estimate of drug-likeness (QED) is 0.478. The standard InChI is InChI=1S/C6H5BrN2O3/c7-3-4-1-2-5(10)6(8-4)9(11)12/h1-2,10H,3H2. The Labute approximate surface area is 76.3 Å².